The van der Waals surface area contributed by atoms with Gasteiger partial charge in [-0.05, 0) is 23.3 Å². The molecule has 1 aliphatic carbocycles. The maximum Gasteiger partial charge on any atom is -0.00696 e. The number of hydrogen-bond acceptors (Lipinski definition) is 0. The van der Waals surface area contributed by atoms with Gasteiger partial charge in [-0.15, -0.1) is 0 Å². The molecule has 0 radical (unpaired) electrons. The largest absolute Gasteiger partial charge is 0.0778 e. The molecule has 13 heavy (non-hydrogen) atoms. The Bertz CT molecular complexity index is 449. The third-order valence-electron chi connectivity index (χ3n) is 2.38. The van der Waals surface area contributed by atoms with Crippen molar-refractivity contribution in [3.8, 4) is 0 Å². The molecule has 0 saturated carbocycles. The Kier molecular flexibility index (Phi) is 2.05. The molecule has 1 aromatic rings. The van der Waals surface area contributed by atoms with Crippen molar-refractivity contribution in [2.45, 2.75) is 13.8 Å². The highest BCUT2D eigenvalue weighted by molar-refractivity contribution is 5.46. The van der Waals surface area contributed by atoms with Crippen LogP contribution in [0.1, 0.15) is 12.5 Å². The normalized spacial score (nSPS) is 19.7. The van der Waals surface area contributed by atoms with Gasteiger partial charge in [0.15, 0.2) is 0 Å². The molecule has 0 aliphatic heterocycles. The molecule has 0 amide bonds. The van der Waals surface area contributed by atoms with Crippen molar-refractivity contribution >= 4 is 12.2 Å². The average Bonchev–Trinajstić information content (AvgIpc) is 2.25. The van der Waals surface area contributed by atoms with Crippen LogP contribution in [0.4, 0.5) is 0 Å². The van der Waals surface area contributed by atoms with E-state index in [1.165, 1.54) is 16.0 Å². The van der Waals surface area contributed by atoms with Crippen LogP contribution in [0, 0.1) is 12.8 Å². The van der Waals surface area contributed by atoms with Crippen molar-refractivity contribution in [2.24, 2.45) is 5.92 Å². The Hall–Kier alpha value is -1.30. The number of hydrogen-bond donors (Lipinski definition) is 0. The lowest BCUT2D eigenvalue weighted by Gasteiger charge is -1.95. The average molecular weight is 170 g/mol. The smallest absolute Gasteiger partial charge is 0.00696 e. The summed E-state index contributed by atoms with van der Waals surface area (Å²) in [5.41, 5.74) is 1.33. The molecule has 1 aromatic carbocycles. The molecule has 0 heteroatoms. The fourth-order valence-corrected chi connectivity index (χ4v) is 1.66. The Morgan fingerprint density at radius 1 is 1.15 bits per heavy atom. The number of aryl methyl sites for hydroxylation is 1. The van der Waals surface area contributed by atoms with Gasteiger partial charge in [-0.2, -0.15) is 0 Å². The minimum absolute atomic E-state index is 0.542. The third-order valence-corrected chi connectivity index (χ3v) is 2.38. The highest BCUT2D eigenvalue weighted by atomic mass is 14.0. The van der Waals surface area contributed by atoms with Gasteiger partial charge in [0.1, 0.15) is 0 Å². The molecule has 1 aliphatic rings. The second kappa shape index (κ2) is 3.21. The first-order valence-electron chi connectivity index (χ1n) is 4.73. The van der Waals surface area contributed by atoms with E-state index in [4.69, 9.17) is 0 Å². The van der Waals surface area contributed by atoms with Crippen LogP contribution in [0.25, 0.3) is 12.2 Å². The fraction of sp³-hybridized carbons (Fsp3) is 0.231. The van der Waals surface area contributed by atoms with Crippen molar-refractivity contribution in [1.82, 2.24) is 0 Å². The molecule has 0 aromatic heterocycles. The predicted molar refractivity (Wildman–Crippen MR) is 57.7 cm³/mol. The Labute approximate surface area is 78.9 Å². The van der Waals surface area contributed by atoms with Gasteiger partial charge >= 0.3 is 0 Å². The monoisotopic (exact) mass is 170 g/mol. The molecule has 0 bridgehead atoms. The molecule has 0 N–H and O–H groups in total. The Morgan fingerprint density at radius 3 is 2.85 bits per heavy atom. The van der Waals surface area contributed by atoms with E-state index in [0.29, 0.717) is 5.92 Å². The molecule has 0 saturated heterocycles. The summed E-state index contributed by atoms with van der Waals surface area (Å²) in [5, 5.41) is 2.68. The van der Waals surface area contributed by atoms with E-state index < -0.39 is 0 Å². The standard InChI is InChI=1S/C13H14/c1-10-4-3-5-12-9-11(2)6-7-13(12)8-10/h3-10H,1-2H3. The van der Waals surface area contributed by atoms with E-state index >= 15 is 0 Å². The van der Waals surface area contributed by atoms with Crippen LogP contribution in [0.5, 0.6) is 0 Å². The van der Waals surface area contributed by atoms with Crippen LogP contribution in [-0.2, 0) is 0 Å². The first-order chi connectivity index (χ1) is 6.25. The molecule has 0 nitrogen and oxygen atoms in total. The van der Waals surface area contributed by atoms with E-state index in [-0.39, 0.29) is 0 Å². The first-order valence-corrected chi connectivity index (χ1v) is 4.73. The van der Waals surface area contributed by atoms with Crippen molar-refractivity contribution < 1.29 is 0 Å². The molecular formula is C13H14. The third kappa shape index (κ3) is 1.72. The Balaban J connectivity index is 2.75. The van der Waals surface area contributed by atoms with Gasteiger partial charge in [-0.25, -0.2) is 0 Å². The lowest BCUT2D eigenvalue weighted by Crippen LogP contribution is -2.24. The molecule has 2 rings (SSSR count). The second-order valence-electron chi connectivity index (χ2n) is 3.71. The number of benzene rings is 1. The van der Waals surface area contributed by atoms with Gasteiger partial charge < -0.3 is 0 Å². The van der Waals surface area contributed by atoms with Gasteiger partial charge in [-0.1, -0.05) is 55.0 Å². The lowest BCUT2D eigenvalue weighted by atomic mass is 10.1. The summed E-state index contributed by atoms with van der Waals surface area (Å²) >= 11 is 0. The second-order valence-corrected chi connectivity index (χ2v) is 3.71. The predicted octanol–water partition coefficient (Wildman–Crippen LogP) is 1.76. The zero-order valence-corrected chi connectivity index (χ0v) is 8.12. The van der Waals surface area contributed by atoms with Gasteiger partial charge in [0.05, 0.1) is 0 Å². The summed E-state index contributed by atoms with van der Waals surface area (Å²) in [6, 6.07) is 6.60. The van der Waals surface area contributed by atoms with Crippen molar-refractivity contribution in [2.75, 3.05) is 0 Å². The van der Waals surface area contributed by atoms with Crippen LogP contribution >= 0.6 is 0 Å². The van der Waals surface area contributed by atoms with Crippen molar-refractivity contribution in [1.29, 1.82) is 0 Å². The summed E-state index contributed by atoms with van der Waals surface area (Å²) in [5.74, 6) is 0.542. The van der Waals surface area contributed by atoms with Gasteiger partial charge in [0.2, 0.25) is 0 Å². The SMILES string of the molecule is Cc1ccc2c(c1)=CC=CC(C)C=2. The van der Waals surface area contributed by atoms with Crippen LogP contribution in [-0.4, -0.2) is 0 Å². The zero-order chi connectivity index (χ0) is 9.26. The van der Waals surface area contributed by atoms with E-state index in [1.54, 1.807) is 0 Å². The Morgan fingerprint density at radius 2 is 2.00 bits per heavy atom. The quantitative estimate of drug-likeness (QED) is 0.556. The summed E-state index contributed by atoms with van der Waals surface area (Å²) in [4.78, 5) is 0. The maximum atomic E-state index is 2.30. The molecule has 66 valence electrons. The van der Waals surface area contributed by atoms with E-state index in [2.05, 4.69) is 56.4 Å². The topological polar surface area (TPSA) is 0 Å². The van der Waals surface area contributed by atoms with E-state index in [1.807, 2.05) is 0 Å². The molecule has 0 spiro atoms. The molecule has 0 fully saturated rings. The highest BCUT2D eigenvalue weighted by Crippen LogP contribution is 2.00. The highest BCUT2D eigenvalue weighted by Gasteiger charge is 1.94. The van der Waals surface area contributed by atoms with Gasteiger partial charge in [0, 0.05) is 0 Å². The zero-order valence-electron chi connectivity index (χ0n) is 8.12. The molecule has 1 unspecified atom stereocenters. The van der Waals surface area contributed by atoms with Gasteiger partial charge in [0.25, 0.3) is 0 Å². The lowest BCUT2D eigenvalue weighted by molar-refractivity contribution is 0.998. The molecule has 1 atom stereocenters. The van der Waals surface area contributed by atoms with Crippen molar-refractivity contribution in [3.63, 3.8) is 0 Å². The number of fused-ring (bicyclic) bond motifs is 1. The van der Waals surface area contributed by atoms with E-state index in [0.717, 1.165) is 0 Å². The van der Waals surface area contributed by atoms with Crippen LogP contribution < -0.4 is 10.4 Å². The van der Waals surface area contributed by atoms with Gasteiger partial charge in [-0.3, -0.25) is 0 Å². The van der Waals surface area contributed by atoms with Crippen molar-refractivity contribution in [3.05, 3.63) is 46.4 Å². The van der Waals surface area contributed by atoms with E-state index in [9.17, 15) is 0 Å². The summed E-state index contributed by atoms with van der Waals surface area (Å²) in [6.07, 6.45) is 8.85. The maximum absolute atomic E-state index is 2.30. The molecule has 0 heterocycles. The first kappa shape index (κ1) is 8.31. The number of allylic oxidation sites excluding steroid dienone is 2. The summed E-state index contributed by atoms with van der Waals surface area (Å²) in [6.45, 7) is 4.34. The fourth-order valence-electron chi connectivity index (χ4n) is 1.66. The minimum atomic E-state index is 0.542. The summed E-state index contributed by atoms with van der Waals surface area (Å²) in [7, 11) is 0. The van der Waals surface area contributed by atoms with Crippen LogP contribution in [0.15, 0.2) is 30.4 Å². The number of rotatable bonds is 0. The van der Waals surface area contributed by atoms with Crippen LogP contribution in [0.2, 0.25) is 0 Å². The summed E-state index contributed by atoms with van der Waals surface area (Å²) < 4.78 is 0. The minimum Gasteiger partial charge on any atom is -0.0778 e. The molecular weight excluding hydrogens is 156 g/mol. The van der Waals surface area contributed by atoms with Crippen LogP contribution in [0.3, 0.4) is 0 Å².